The molecule has 1 aromatic carbocycles. The molecule has 0 aliphatic carbocycles. The van der Waals surface area contributed by atoms with E-state index < -0.39 is 0 Å². The van der Waals surface area contributed by atoms with Crippen molar-refractivity contribution in [2.24, 2.45) is 0 Å². The maximum atomic E-state index is 12.1. The maximum Gasteiger partial charge on any atom is 0.232 e. The van der Waals surface area contributed by atoms with Crippen LogP contribution in [0.3, 0.4) is 0 Å². The van der Waals surface area contributed by atoms with Crippen molar-refractivity contribution < 1.29 is 4.79 Å². The number of amides is 1. The van der Waals surface area contributed by atoms with Crippen molar-refractivity contribution >= 4 is 33.7 Å². The first-order valence-corrected chi connectivity index (χ1v) is 8.94. The molecule has 0 saturated carbocycles. The van der Waals surface area contributed by atoms with E-state index in [1.54, 1.807) is 11.3 Å². The quantitative estimate of drug-likeness (QED) is 0.760. The Balaban J connectivity index is 1.63. The highest BCUT2D eigenvalue weighted by molar-refractivity contribution is 7.18. The number of nitrogens with zero attached hydrogens (tertiary/aromatic N) is 3. The van der Waals surface area contributed by atoms with Crippen LogP contribution in [0.2, 0.25) is 0 Å². The molecule has 3 rings (SSSR count). The lowest BCUT2D eigenvalue weighted by Crippen LogP contribution is -2.14. The lowest BCUT2D eigenvalue weighted by atomic mass is 10.2. The first kappa shape index (κ1) is 15.8. The van der Waals surface area contributed by atoms with Crippen LogP contribution in [0.1, 0.15) is 30.5 Å². The van der Waals surface area contributed by atoms with E-state index in [2.05, 4.69) is 34.3 Å². The van der Waals surface area contributed by atoms with Gasteiger partial charge in [0.1, 0.15) is 5.01 Å². The predicted octanol–water partition coefficient (Wildman–Crippen LogP) is 3.97. The number of benzene rings is 1. The molecular formula is C16H16N4OS2. The molecule has 2 heterocycles. The molecule has 0 aliphatic heterocycles. The summed E-state index contributed by atoms with van der Waals surface area (Å²) < 4.78 is 0. The van der Waals surface area contributed by atoms with E-state index in [-0.39, 0.29) is 12.3 Å². The third-order valence-corrected chi connectivity index (χ3v) is 5.18. The van der Waals surface area contributed by atoms with Gasteiger partial charge in [-0.05, 0) is 0 Å². The van der Waals surface area contributed by atoms with Crippen LogP contribution in [0.15, 0.2) is 35.7 Å². The molecule has 0 atom stereocenters. The van der Waals surface area contributed by atoms with Gasteiger partial charge in [-0.15, -0.1) is 21.5 Å². The third-order valence-electron chi connectivity index (χ3n) is 3.10. The number of nitrogens with one attached hydrogen (secondary N) is 1. The van der Waals surface area contributed by atoms with E-state index in [0.717, 1.165) is 21.3 Å². The normalized spacial score (nSPS) is 10.9. The lowest BCUT2D eigenvalue weighted by molar-refractivity contribution is -0.115. The van der Waals surface area contributed by atoms with Crippen LogP contribution >= 0.6 is 22.7 Å². The first-order chi connectivity index (χ1) is 11.1. The van der Waals surface area contributed by atoms with E-state index >= 15 is 0 Å². The fraction of sp³-hybridized carbons (Fsp3) is 0.250. The molecule has 0 unspecified atom stereocenters. The lowest BCUT2D eigenvalue weighted by Gasteiger charge is -1.99. The van der Waals surface area contributed by atoms with Crippen molar-refractivity contribution in [2.45, 2.75) is 26.2 Å². The van der Waals surface area contributed by atoms with E-state index in [0.29, 0.717) is 11.0 Å². The molecule has 0 fully saturated rings. The summed E-state index contributed by atoms with van der Waals surface area (Å²) in [5.74, 6) is 0.259. The van der Waals surface area contributed by atoms with Gasteiger partial charge in [-0.1, -0.05) is 55.5 Å². The summed E-state index contributed by atoms with van der Waals surface area (Å²) in [4.78, 5) is 16.6. The summed E-state index contributed by atoms with van der Waals surface area (Å²) in [6.07, 6.45) is 0.253. The molecule has 2 aromatic heterocycles. The standard InChI is InChI=1S/C16H16N4OS2/c1-10(2)14-17-12(9-22-14)8-13(21)18-16-20-19-15(23-16)11-6-4-3-5-7-11/h3-7,9-10H,8H2,1-2H3,(H,18,20,21). The van der Waals surface area contributed by atoms with Crippen LogP contribution < -0.4 is 5.32 Å². The van der Waals surface area contributed by atoms with E-state index in [9.17, 15) is 4.79 Å². The number of hydrogen-bond acceptors (Lipinski definition) is 6. The molecule has 5 nitrogen and oxygen atoms in total. The Morgan fingerprint density at radius 2 is 2.00 bits per heavy atom. The maximum absolute atomic E-state index is 12.1. The Labute approximate surface area is 142 Å². The Kier molecular flexibility index (Phi) is 4.78. The van der Waals surface area contributed by atoms with Crippen LogP contribution in [0.4, 0.5) is 5.13 Å². The van der Waals surface area contributed by atoms with E-state index in [4.69, 9.17) is 0 Å². The van der Waals surface area contributed by atoms with Crippen molar-refractivity contribution in [3.8, 4) is 10.6 Å². The van der Waals surface area contributed by atoms with Crippen LogP contribution in [0.5, 0.6) is 0 Å². The Hall–Kier alpha value is -2.12. The van der Waals surface area contributed by atoms with Crippen LogP contribution in [0.25, 0.3) is 10.6 Å². The number of rotatable bonds is 5. The number of thiazole rings is 1. The van der Waals surface area contributed by atoms with Gasteiger partial charge in [0.2, 0.25) is 11.0 Å². The van der Waals surface area contributed by atoms with Gasteiger partial charge in [-0.25, -0.2) is 4.98 Å². The number of anilines is 1. The molecular weight excluding hydrogens is 328 g/mol. The van der Waals surface area contributed by atoms with Gasteiger partial charge < -0.3 is 5.32 Å². The number of hydrogen-bond donors (Lipinski definition) is 1. The Bertz CT molecular complexity index is 795. The minimum absolute atomic E-state index is 0.124. The number of carbonyl (C=O) groups excluding carboxylic acids is 1. The zero-order valence-corrected chi connectivity index (χ0v) is 14.4. The second kappa shape index (κ2) is 6.97. The molecule has 0 radical (unpaired) electrons. The molecule has 1 N–H and O–H groups in total. The van der Waals surface area contributed by atoms with Gasteiger partial charge in [0.05, 0.1) is 17.1 Å². The highest BCUT2D eigenvalue weighted by atomic mass is 32.1. The summed E-state index contributed by atoms with van der Waals surface area (Å²) in [6.45, 7) is 4.18. The summed E-state index contributed by atoms with van der Waals surface area (Å²) in [7, 11) is 0. The average molecular weight is 344 g/mol. The molecule has 0 bridgehead atoms. The zero-order chi connectivity index (χ0) is 16.2. The minimum Gasteiger partial charge on any atom is -0.300 e. The molecule has 0 spiro atoms. The van der Waals surface area contributed by atoms with Crippen LogP contribution in [-0.4, -0.2) is 21.1 Å². The van der Waals surface area contributed by atoms with Crippen LogP contribution in [-0.2, 0) is 11.2 Å². The predicted molar refractivity (Wildman–Crippen MR) is 93.9 cm³/mol. The van der Waals surface area contributed by atoms with Crippen molar-refractivity contribution in [2.75, 3.05) is 5.32 Å². The smallest absolute Gasteiger partial charge is 0.232 e. The average Bonchev–Trinajstić information content (AvgIpc) is 3.18. The highest BCUT2D eigenvalue weighted by Crippen LogP contribution is 2.26. The zero-order valence-electron chi connectivity index (χ0n) is 12.8. The Morgan fingerprint density at radius 1 is 1.22 bits per heavy atom. The second-order valence-electron chi connectivity index (χ2n) is 5.34. The summed E-state index contributed by atoms with van der Waals surface area (Å²) in [6, 6.07) is 9.78. The summed E-state index contributed by atoms with van der Waals surface area (Å²) >= 11 is 2.95. The van der Waals surface area contributed by atoms with Gasteiger partial charge in [-0.2, -0.15) is 0 Å². The third kappa shape index (κ3) is 4.00. The summed E-state index contributed by atoms with van der Waals surface area (Å²) in [5.41, 5.74) is 1.79. The topological polar surface area (TPSA) is 67.8 Å². The number of aromatic nitrogens is 3. The van der Waals surface area contributed by atoms with Crippen molar-refractivity contribution in [1.82, 2.24) is 15.2 Å². The molecule has 0 aliphatic rings. The SMILES string of the molecule is CC(C)c1nc(CC(=O)Nc2nnc(-c3ccccc3)s2)cs1. The molecule has 3 aromatic rings. The number of carbonyl (C=O) groups is 1. The second-order valence-corrected chi connectivity index (χ2v) is 7.20. The molecule has 118 valence electrons. The fourth-order valence-corrected chi connectivity index (χ4v) is 3.57. The first-order valence-electron chi connectivity index (χ1n) is 7.25. The van der Waals surface area contributed by atoms with Gasteiger partial charge in [0.15, 0.2) is 0 Å². The molecule has 7 heteroatoms. The monoisotopic (exact) mass is 344 g/mol. The van der Waals surface area contributed by atoms with Crippen LogP contribution in [0, 0.1) is 0 Å². The van der Waals surface area contributed by atoms with Gasteiger partial charge in [0.25, 0.3) is 0 Å². The van der Waals surface area contributed by atoms with Crippen molar-refractivity contribution in [3.05, 3.63) is 46.4 Å². The van der Waals surface area contributed by atoms with Gasteiger partial charge in [0, 0.05) is 16.9 Å². The summed E-state index contributed by atoms with van der Waals surface area (Å²) in [5, 5.41) is 15.2. The van der Waals surface area contributed by atoms with Crippen molar-refractivity contribution in [3.63, 3.8) is 0 Å². The molecule has 0 saturated heterocycles. The fourth-order valence-electron chi connectivity index (χ4n) is 1.97. The molecule has 23 heavy (non-hydrogen) atoms. The van der Waals surface area contributed by atoms with Crippen molar-refractivity contribution in [1.29, 1.82) is 0 Å². The highest BCUT2D eigenvalue weighted by Gasteiger charge is 2.12. The van der Waals surface area contributed by atoms with E-state index in [1.165, 1.54) is 11.3 Å². The Morgan fingerprint density at radius 3 is 2.70 bits per heavy atom. The van der Waals surface area contributed by atoms with Gasteiger partial charge in [-0.3, -0.25) is 4.79 Å². The van der Waals surface area contributed by atoms with E-state index in [1.807, 2.05) is 35.7 Å². The molecule has 1 amide bonds. The minimum atomic E-state index is -0.124. The largest absolute Gasteiger partial charge is 0.300 e. The van der Waals surface area contributed by atoms with Gasteiger partial charge >= 0.3 is 0 Å².